The second-order valence-corrected chi connectivity index (χ2v) is 53.5. The van der Waals surface area contributed by atoms with Gasteiger partial charge in [-0.2, -0.15) is 0 Å². The van der Waals surface area contributed by atoms with Crippen LogP contribution in [0, 0.1) is 0 Å². The van der Waals surface area contributed by atoms with Crippen LogP contribution < -0.4 is 0 Å². The fourth-order valence-electron chi connectivity index (χ4n) is 7.02. The van der Waals surface area contributed by atoms with E-state index in [9.17, 15) is 0 Å². The summed E-state index contributed by atoms with van der Waals surface area (Å²) in [5, 5.41) is 1.16. The van der Waals surface area contributed by atoms with Crippen molar-refractivity contribution in [3.05, 3.63) is 112 Å². The Morgan fingerprint density at radius 3 is 2.30 bits per heavy atom. The molecule has 0 spiro atoms. The fourth-order valence-corrected chi connectivity index (χ4v) is 39.4. The second-order valence-electron chi connectivity index (χ2n) is 11.0. The molecule has 2 unspecified atom stereocenters. The van der Waals surface area contributed by atoms with Gasteiger partial charge in [-0.3, -0.25) is 0 Å². The van der Waals surface area contributed by atoms with E-state index in [2.05, 4.69) is 106 Å². The Hall–Kier alpha value is -1.77. The molecule has 1 nitrogen and oxygen atoms in total. The van der Waals surface area contributed by atoms with Gasteiger partial charge in [-0.1, -0.05) is 0 Å². The number of aromatic nitrogens is 1. The minimum absolute atomic E-state index is 0.124. The van der Waals surface area contributed by atoms with Crippen molar-refractivity contribution in [3.63, 3.8) is 0 Å². The van der Waals surface area contributed by atoms with Crippen LogP contribution in [0.1, 0.15) is 49.8 Å². The number of fused-ring (bicyclic) bond motifs is 3. The van der Waals surface area contributed by atoms with Gasteiger partial charge in [0.1, 0.15) is 0 Å². The molecule has 187 valence electrons. The SMILES string of the molecule is CCC1=Cc2c(-c3cccc4cccnc34)cccc2[CH]1[Zr]([Cl])([Cl])([CH]1C(C)=Cc2ccccc21)[SiH](C)C. The third-order valence-corrected chi connectivity index (χ3v) is 60.9. The van der Waals surface area contributed by atoms with Gasteiger partial charge in [-0.25, -0.2) is 0 Å². The van der Waals surface area contributed by atoms with Crippen LogP contribution in [0.3, 0.4) is 0 Å². The molecule has 0 saturated carbocycles. The molecule has 0 aliphatic heterocycles. The third-order valence-electron chi connectivity index (χ3n) is 8.83. The maximum atomic E-state index is 8.30. The van der Waals surface area contributed by atoms with Gasteiger partial charge < -0.3 is 0 Å². The summed E-state index contributed by atoms with van der Waals surface area (Å²) in [6.07, 6.45) is 7.59. The van der Waals surface area contributed by atoms with Gasteiger partial charge in [0.15, 0.2) is 0 Å². The number of rotatable bonds is 5. The van der Waals surface area contributed by atoms with Crippen LogP contribution in [0.15, 0.2) is 90.1 Å². The number of allylic oxidation sites excluding steroid dienone is 2. The summed E-state index contributed by atoms with van der Waals surface area (Å²) < 4.78 is 0.278. The summed E-state index contributed by atoms with van der Waals surface area (Å²) in [7, 11) is 16.6. The molecule has 5 heteroatoms. The molecule has 4 aromatic rings. The monoisotopic (exact) mass is 618 g/mol. The zero-order valence-corrected chi connectivity index (χ0v) is 26.9. The van der Waals surface area contributed by atoms with Gasteiger partial charge in [0, 0.05) is 0 Å². The molecule has 1 heterocycles. The number of hydrogen-bond acceptors (Lipinski definition) is 1. The summed E-state index contributed by atoms with van der Waals surface area (Å²) in [5.41, 5.74) is 11.4. The molecule has 0 amide bonds. The van der Waals surface area contributed by atoms with Crippen molar-refractivity contribution in [2.45, 2.75) is 40.6 Å². The summed E-state index contributed by atoms with van der Waals surface area (Å²) in [5.74, 6) is -1.51. The van der Waals surface area contributed by atoms with Crippen LogP contribution in [-0.4, -0.2) is 10.9 Å². The van der Waals surface area contributed by atoms with Crippen LogP contribution in [-0.2, 0) is 15.6 Å². The van der Waals surface area contributed by atoms with Crippen LogP contribution >= 0.6 is 17.0 Å². The summed E-state index contributed by atoms with van der Waals surface area (Å²) in [4.78, 5) is 4.77. The van der Waals surface area contributed by atoms with Gasteiger partial charge in [0.05, 0.1) is 0 Å². The zero-order valence-electron chi connectivity index (χ0n) is 21.8. The van der Waals surface area contributed by atoms with Crippen molar-refractivity contribution in [1.29, 1.82) is 0 Å². The first-order chi connectivity index (χ1) is 17.7. The molecule has 2 aliphatic rings. The molecule has 0 radical (unpaired) electrons. The number of para-hydroxylation sites is 1. The molecular formula is C32H32Cl2NSiZr. The molecule has 0 fully saturated rings. The van der Waals surface area contributed by atoms with E-state index in [-0.39, 0.29) is 7.25 Å². The van der Waals surface area contributed by atoms with Gasteiger partial charge >= 0.3 is 231 Å². The van der Waals surface area contributed by atoms with Crippen molar-refractivity contribution >= 4 is 46.0 Å². The molecule has 0 N–H and O–H groups in total. The van der Waals surface area contributed by atoms with Crippen molar-refractivity contribution in [2.75, 3.05) is 0 Å². The van der Waals surface area contributed by atoms with Crippen molar-refractivity contribution in [3.8, 4) is 11.1 Å². The van der Waals surface area contributed by atoms with Gasteiger partial charge in [-0.15, -0.1) is 0 Å². The summed E-state index contributed by atoms with van der Waals surface area (Å²) in [6.45, 7) is 9.33. The molecule has 1 aromatic heterocycles. The van der Waals surface area contributed by atoms with E-state index in [1.54, 1.807) is 0 Å². The van der Waals surface area contributed by atoms with Gasteiger partial charge in [0.25, 0.3) is 0 Å². The standard InChI is InChI=1S/C20H16N.C10H9.C2H7Si.2ClH.Zr/c1-2-14-12-16-7-4-9-17(19(16)13-14)18-10-3-6-15-8-5-11-21-20(15)18;1-8-6-9-4-2-3-5-10(9)7-8;1-3-2;;;/h3-13H,2H2,1H3;2-7H,1H3;3H,1-2H3;2*1H;/q;;;;;+2/p-2. The molecule has 0 bridgehead atoms. The van der Waals surface area contributed by atoms with Crippen molar-refractivity contribution < 1.29 is 15.6 Å². The maximum absolute atomic E-state index is 8.30. The first-order valence-electron chi connectivity index (χ1n) is 13.3. The summed E-state index contributed by atoms with van der Waals surface area (Å²) >= 11 is -4.59. The van der Waals surface area contributed by atoms with E-state index in [1.165, 1.54) is 44.5 Å². The van der Waals surface area contributed by atoms with Gasteiger partial charge in [-0.05, 0) is 0 Å². The van der Waals surface area contributed by atoms with Crippen LogP contribution in [0.5, 0.6) is 0 Å². The number of pyridine rings is 1. The van der Waals surface area contributed by atoms with Crippen molar-refractivity contribution in [1.82, 2.24) is 4.98 Å². The van der Waals surface area contributed by atoms with Crippen LogP contribution in [0.4, 0.5) is 0 Å². The molecule has 3 aromatic carbocycles. The topological polar surface area (TPSA) is 12.9 Å². The fraction of sp³-hybridized carbons (Fsp3) is 0.219. The Morgan fingerprint density at radius 2 is 1.51 bits per heavy atom. The van der Waals surface area contributed by atoms with E-state index >= 15 is 0 Å². The van der Waals surface area contributed by atoms with E-state index in [4.69, 9.17) is 22.0 Å². The summed E-state index contributed by atoms with van der Waals surface area (Å²) in [6, 6.07) is 26.1. The average Bonchev–Trinajstić information content (AvgIpc) is 3.46. The molecule has 2 atom stereocenters. The Bertz CT molecular complexity index is 1620. The Morgan fingerprint density at radius 1 is 0.811 bits per heavy atom. The third kappa shape index (κ3) is 3.69. The molecule has 6 rings (SSSR count). The Kier molecular flexibility index (Phi) is 6.32. The molecule has 0 saturated heterocycles. The minimum atomic E-state index is -4.59. The van der Waals surface area contributed by atoms with E-state index in [1.807, 2.05) is 12.3 Å². The predicted molar refractivity (Wildman–Crippen MR) is 162 cm³/mol. The Labute approximate surface area is 229 Å². The zero-order chi connectivity index (χ0) is 26.0. The predicted octanol–water partition coefficient (Wildman–Crippen LogP) is 9.89. The molecule has 2 aliphatic carbocycles. The van der Waals surface area contributed by atoms with Gasteiger partial charge in [0.2, 0.25) is 0 Å². The molecular weight excluding hydrogens is 589 g/mol. The van der Waals surface area contributed by atoms with Crippen molar-refractivity contribution in [2.24, 2.45) is 0 Å². The number of nitrogens with zero attached hydrogens (tertiary/aromatic N) is 1. The molecule has 37 heavy (non-hydrogen) atoms. The van der Waals surface area contributed by atoms with Crippen LogP contribution in [0.2, 0.25) is 13.1 Å². The number of benzene rings is 3. The quantitative estimate of drug-likeness (QED) is 0.202. The first kappa shape index (κ1) is 25.5. The number of halogens is 2. The average molecular weight is 621 g/mol. The van der Waals surface area contributed by atoms with Crippen LogP contribution in [0.25, 0.3) is 34.2 Å². The first-order valence-corrected chi connectivity index (χ1v) is 29.6. The van der Waals surface area contributed by atoms with E-state index in [0.717, 1.165) is 17.3 Å². The Balaban J connectivity index is 1.61. The van der Waals surface area contributed by atoms with E-state index in [0.29, 0.717) is 0 Å². The number of hydrogen-bond donors (Lipinski definition) is 0. The normalized spacial score (nSPS) is 19.8. The second kappa shape index (κ2) is 9.16. The van der Waals surface area contributed by atoms with E-state index < -0.39 is 21.5 Å².